The van der Waals surface area contributed by atoms with Crippen molar-refractivity contribution in [1.82, 2.24) is 4.98 Å². The minimum Gasteiger partial charge on any atom is -0.256 e. The fraction of sp³-hybridized carbons (Fsp3) is 0.321. The second kappa shape index (κ2) is 9.72. The molecule has 1 aliphatic rings. The van der Waals surface area contributed by atoms with E-state index < -0.39 is 17.5 Å². The molecule has 1 fully saturated rings. The van der Waals surface area contributed by atoms with Gasteiger partial charge in [0.2, 0.25) is 0 Å². The summed E-state index contributed by atoms with van der Waals surface area (Å²) in [6.45, 7) is 5.17. The molecule has 1 aliphatic carbocycles. The van der Waals surface area contributed by atoms with Crippen LogP contribution in [0.1, 0.15) is 55.6 Å². The summed E-state index contributed by atoms with van der Waals surface area (Å²) in [5.74, 6) is -0.574. The molecular weight excluding hydrogens is 407 g/mol. The van der Waals surface area contributed by atoms with E-state index in [1.165, 1.54) is 50.7 Å². The third-order valence-corrected chi connectivity index (χ3v) is 6.74. The van der Waals surface area contributed by atoms with Crippen LogP contribution in [0, 0.1) is 30.3 Å². The van der Waals surface area contributed by atoms with Gasteiger partial charge in [-0.2, -0.15) is 0 Å². The molecule has 0 spiro atoms. The fourth-order valence-corrected chi connectivity index (χ4v) is 4.66. The van der Waals surface area contributed by atoms with Crippen molar-refractivity contribution in [3.8, 4) is 22.4 Å². The molecule has 32 heavy (non-hydrogen) atoms. The number of allylic oxidation sites excluding steroid dienone is 1. The molecule has 4 heteroatoms. The van der Waals surface area contributed by atoms with Crippen LogP contribution < -0.4 is 0 Å². The Morgan fingerprint density at radius 3 is 2.19 bits per heavy atom. The first-order valence-corrected chi connectivity index (χ1v) is 11.3. The van der Waals surface area contributed by atoms with E-state index in [-0.39, 0.29) is 16.7 Å². The SMILES string of the molecule is C=CCCC1CCC(c2ccc(-c3ccc(-c4cc(F)c(C)c(F)c4)c(F)c3)nc2)CC1. The Balaban J connectivity index is 1.48. The van der Waals surface area contributed by atoms with E-state index in [9.17, 15) is 13.2 Å². The van der Waals surface area contributed by atoms with Gasteiger partial charge in [-0.25, -0.2) is 13.2 Å². The van der Waals surface area contributed by atoms with Gasteiger partial charge >= 0.3 is 0 Å². The Morgan fingerprint density at radius 1 is 0.906 bits per heavy atom. The molecule has 3 aromatic rings. The average molecular weight is 436 g/mol. The normalized spacial score (nSPS) is 18.5. The Labute approximate surface area is 188 Å². The molecule has 0 saturated heterocycles. The van der Waals surface area contributed by atoms with Crippen molar-refractivity contribution in [3.63, 3.8) is 0 Å². The van der Waals surface area contributed by atoms with Gasteiger partial charge in [0.25, 0.3) is 0 Å². The molecule has 4 rings (SSSR count). The maximum absolute atomic E-state index is 14.8. The predicted octanol–water partition coefficient (Wildman–Crippen LogP) is 8.38. The van der Waals surface area contributed by atoms with Crippen molar-refractivity contribution in [2.24, 2.45) is 5.92 Å². The highest BCUT2D eigenvalue weighted by atomic mass is 19.1. The summed E-state index contributed by atoms with van der Waals surface area (Å²) >= 11 is 0. The van der Waals surface area contributed by atoms with Gasteiger partial charge in [-0.15, -0.1) is 6.58 Å². The summed E-state index contributed by atoms with van der Waals surface area (Å²) in [5.41, 5.74) is 2.83. The number of pyridine rings is 1. The highest BCUT2D eigenvalue weighted by molar-refractivity contribution is 5.70. The molecule has 0 unspecified atom stereocenters. The van der Waals surface area contributed by atoms with Crippen LogP contribution in [0.3, 0.4) is 0 Å². The first kappa shape index (κ1) is 22.3. The minimum atomic E-state index is -0.685. The molecule has 0 aliphatic heterocycles. The van der Waals surface area contributed by atoms with E-state index in [4.69, 9.17) is 0 Å². The molecule has 1 heterocycles. The van der Waals surface area contributed by atoms with Gasteiger partial charge < -0.3 is 0 Å². The summed E-state index contributed by atoms with van der Waals surface area (Å²) in [6.07, 6.45) is 11.1. The van der Waals surface area contributed by atoms with Crippen molar-refractivity contribution in [3.05, 3.63) is 89.9 Å². The highest BCUT2D eigenvalue weighted by Gasteiger charge is 2.22. The van der Waals surface area contributed by atoms with Crippen LogP contribution in [0.5, 0.6) is 0 Å². The summed E-state index contributed by atoms with van der Waals surface area (Å²) in [6, 6.07) is 11.0. The number of nitrogens with zero attached hydrogens (tertiary/aromatic N) is 1. The zero-order valence-corrected chi connectivity index (χ0v) is 18.4. The van der Waals surface area contributed by atoms with E-state index in [2.05, 4.69) is 17.6 Å². The molecule has 0 atom stereocenters. The molecule has 166 valence electrons. The first-order chi connectivity index (χ1) is 15.5. The van der Waals surface area contributed by atoms with Gasteiger partial charge in [-0.05, 0) is 92.7 Å². The van der Waals surface area contributed by atoms with Crippen molar-refractivity contribution in [1.29, 1.82) is 0 Å². The fourth-order valence-electron chi connectivity index (χ4n) is 4.66. The van der Waals surface area contributed by atoms with E-state index in [0.29, 0.717) is 17.2 Å². The predicted molar refractivity (Wildman–Crippen MR) is 124 cm³/mol. The topological polar surface area (TPSA) is 12.9 Å². The average Bonchev–Trinajstić information content (AvgIpc) is 2.81. The molecule has 1 nitrogen and oxygen atoms in total. The van der Waals surface area contributed by atoms with Crippen molar-refractivity contribution < 1.29 is 13.2 Å². The Bertz CT molecular complexity index is 1070. The molecule has 1 saturated carbocycles. The van der Waals surface area contributed by atoms with E-state index in [0.717, 1.165) is 24.5 Å². The lowest BCUT2D eigenvalue weighted by Crippen LogP contribution is -2.13. The Hall–Kier alpha value is -2.88. The quantitative estimate of drug-likeness (QED) is 0.354. The van der Waals surface area contributed by atoms with E-state index in [1.807, 2.05) is 18.3 Å². The second-order valence-electron chi connectivity index (χ2n) is 8.82. The standard InChI is InChI=1S/C28H28F3N/c1-3-4-5-19-6-8-20(9-7-19)22-11-13-28(32-17-22)21-10-12-24(27(31)14-21)23-15-25(29)18(2)26(30)16-23/h3,10-17,19-20H,1,4-9H2,2H3. The lowest BCUT2D eigenvalue weighted by molar-refractivity contribution is 0.311. The van der Waals surface area contributed by atoms with E-state index in [1.54, 1.807) is 12.1 Å². The molecule has 0 bridgehead atoms. The molecular formula is C28H28F3N. The minimum absolute atomic E-state index is 0.0691. The number of halogens is 3. The molecule has 2 aromatic carbocycles. The number of hydrogen-bond donors (Lipinski definition) is 0. The molecule has 0 radical (unpaired) electrons. The van der Waals surface area contributed by atoms with Gasteiger partial charge in [0.1, 0.15) is 17.5 Å². The van der Waals surface area contributed by atoms with Crippen LogP contribution in [0.15, 0.2) is 61.3 Å². The van der Waals surface area contributed by atoms with Gasteiger partial charge in [0, 0.05) is 22.9 Å². The summed E-state index contributed by atoms with van der Waals surface area (Å²) in [7, 11) is 0. The molecule has 0 N–H and O–H groups in total. The van der Waals surface area contributed by atoms with Gasteiger partial charge in [0.05, 0.1) is 5.69 Å². The van der Waals surface area contributed by atoms with Crippen LogP contribution in [0.2, 0.25) is 0 Å². The van der Waals surface area contributed by atoms with E-state index >= 15 is 0 Å². The van der Waals surface area contributed by atoms with Crippen LogP contribution in [-0.2, 0) is 0 Å². The summed E-state index contributed by atoms with van der Waals surface area (Å²) in [5, 5.41) is 0. The third-order valence-electron chi connectivity index (χ3n) is 6.74. The number of benzene rings is 2. The van der Waals surface area contributed by atoms with Gasteiger partial charge in [0.15, 0.2) is 0 Å². The molecule has 0 amide bonds. The second-order valence-corrected chi connectivity index (χ2v) is 8.82. The smallest absolute Gasteiger partial charge is 0.131 e. The largest absolute Gasteiger partial charge is 0.256 e. The van der Waals surface area contributed by atoms with Crippen LogP contribution >= 0.6 is 0 Å². The van der Waals surface area contributed by atoms with Crippen molar-refractivity contribution in [2.45, 2.75) is 51.4 Å². The summed E-state index contributed by atoms with van der Waals surface area (Å²) in [4.78, 5) is 4.58. The zero-order valence-electron chi connectivity index (χ0n) is 18.4. The van der Waals surface area contributed by atoms with Gasteiger partial charge in [-0.3, -0.25) is 4.98 Å². The summed E-state index contributed by atoms with van der Waals surface area (Å²) < 4.78 is 42.6. The Morgan fingerprint density at radius 2 is 1.59 bits per heavy atom. The lowest BCUT2D eigenvalue weighted by atomic mass is 9.77. The maximum Gasteiger partial charge on any atom is 0.131 e. The number of rotatable bonds is 6. The number of aromatic nitrogens is 1. The van der Waals surface area contributed by atoms with Crippen molar-refractivity contribution >= 4 is 0 Å². The zero-order chi connectivity index (χ0) is 22.7. The monoisotopic (exact) mass is 435 g/mol. The van der Waals surface area contributed by atoms with Crippen LogP contribution in [0.4, 0.5) is 13.2 Å². The maximum atomic E-state index is 14.8. The highest BCUT2D eigenvalue weighted by Crippen LogP contribution is 2.38. The molecule has 1 aromatic heterocycles. The Kier molecular flexibility index (Phi) is 6.78. The van der Waals surface area contributed by atoms with Crippen LogP contribution in [-0.4, -0.2) is 4.98 Å². The number of hydrogen-bond acceptors (Lipinski definition) is 1. The van der Waals surface area contributed by atoms with Crippen molar-refractivity contribution in [2.75, 3.05) is 0 Å². The van der Waals surface area contributed by atoms with Crippen LogP contribution in [0.25, 0.3) is 22.4 Å². The van der Waals surface area contributed by atoms with Gasteiger partial charge in [-0.1, -0.05) is 24.3 Å². The lowest BCUT2D eigenvalue weighted by Gasteiger charge is -2.28. The first-order valence-electron chi connectivity index (χ1n) is 11.3. The third kappa shape index (κ3) is 4.79.